The van der Waals surface area contributed by atoms with Crippen LogP contribution in [0.3, 0.4) is 0 Å². The number of nitrogens with two attached hydrogens (primary N) is 1. The van der Waals surface area contributed by atoms with Gasteiger partial charge in [0.25, 0.3) is 23.6 Å². The third kappa shape index (κ3) is 7.01. The van der Waals surface area contributed by atoms with Gasteiger partial charge in [0.15, 0.2) is 0 Å². The number of fused-ring (bicyclic) bond motifs is 2. The van der Waals surface area contributed by atoms with Crippen LogP contribution in [0.25, 0.3) is 44.5 Å². The number of nitrogens with zero attached hydrogens (tertiary/aromatic N) is 2. The van der Waals surface area contributed by atoms with E-state index >= 15 is 0 Å². The van der Waals surface area contributed by atoms with Gasteiger partial charge in [-0.2, -0.15) is 0 Å². The average Bonchev–Trinajstić information content (AvgIpc) is 3.73. The lowest BCUT2D eigenvalue weighted by atomic mass is 9.83. The highest BCUT2D eigenvalue weighted by atomic mass is 16.2. The normalized spacial score (nSPS) is 13.3. The van der Waals surface area contributed by atoms with E-state index in [-0.39, 0.29) is 23.6 Å². The molecule has 0 atom stereocenters. The monoisotopic (exact) mass is 841 g/mol. The number of nitrogen functional groups attached to an aromatic ring is 1. The average molecular weight is 842 g/mol. The fourth-order valence-electron chi connectivity index (χ4n) is 9.55. The predicted octanol–water partition coefficient (Wildman–Crippen LogP) is 12.7. The van der Waals surface area contributed by atoms with Gasteiger partial charge in [0.2, 0.25) is 0 Å². The van der Waals surface area contributed by atoms with Crippen molar-refractivity contribution in [2.45, 2.75) is 73.6 Å². The Labute approximate surface area is 375 Å². The van der Waals surface area contributed by atoms with Gasteiger partial charge in [-0.15, -0.1) is 0 Å². The van der Waals surface area contributed by atoms with Crippen molar-refractivity contribution in [2.75, 3.05) is 15.5 Å². The second-order valence-electron chi connectivity index (χ2n) is 16.8. The summed E-state index contributed by atoms with van der Waals surface area (Å²) in [4.78, 5) is 58.5. The number of imide groups is 2. The molecule has 4 amide bonds. The number of aryl methyl sites for hydroxylation is 6. The molecule has 318 valence electrons. The fraction of sp³-hybridized carbons (Fsp3) is 0.193. The zero-order valence-corrected chi connectivity index (χ0v) is 37.3. The Hall–Kier alpha value is -7.38. The first-order chi connectivity index (χ1) is 31.0. The molecule has 0 spiro atoms. The van der Waals surface area contributed by atoms with Crippen LogP contribution in [0, 0.1) is 6.92 Å². The standard InChI is InChI=1S/C57H51N3O4/c1-7-34-26-44(59-54(61)47-23-18-41(31-51(47)56(59)63)39-14-12-33(6)13-15-39)22-25-46(34)49-29-36(9-3)50(30-35(49)8-2)53-37(10-4)27-45(28-38(53)11-5)60-55(62)48-24-19-42(32-52(48)57(60)64)40-16-20-43(58)21-17-40/h12-32H,7-11,58H2,1-6H3. The van der Waals surface area contributed by atoms with E-state index in [1.807, 2.05) is 104 Å². The zero-order valence-electron chi connectivity index (χ0n) is 37.3. The molecule has 7 heteroatoms. The minimum absolute atomic E-state index is 0.312. The van der Waals surface area contributed by atoms with Crippen molar-refractivity contribution < 1.29 is 19.2 Å². The summed E-state index contributed by atoms with van der Waals surface area (Å²) >= 11 is 0. The number of benzene rings is 7. The Morgan fingerprint density at radius 3 is 1.27 bits per heavy atom. The second-order valence-corrected chi connectivity index (χ2v) is 16.8. The molecular formula is C57H51N3O4. The third-order valence-corrected chi connectivity index (χ3v) is 13.1. The van der Waals surface area contributed by atoms with Crippen LogP contribution in [0.5, 0.6) is 0 Å². The third-order valence-electron chi connectivity index (χ3n) is 13.1. The van der Waals surface area contributed by atoms with Crippen molar-refractivity contribution in [3.05, 3.63) is 183 Å². The van der Waals surface area contributed by atoms with E-state index in [1.54, 1.807) is 12.1 Å². The molecule has 0 saturated carbocycles. The molecule has 64 heavy (non-hydrogen) atoms. The van der Waals surface area contributed by atoms with Crippen LogP contribution >= 0.6 is 0 Å². The van der Waals surface area contributed by atoms with Crippen LogP contribution in [-0.4, -0.2) is 23.6 Å². The Morgan fingerprint density at radius 1 is 0.359 bits per heavy atom. The first-order valence-electron chi connectivity index (χ1n) is 22.4. The van der Waals surface area contributed by atoms with Gasteiger partial charge in [0, 0.05) is 5.69 Å². The highest BCUT2D eigenvalue weighted by Crippen LogP contribution is 2.42. The van der Waals surface area contributed by atoms with Crippen LogP contribution < -0.4 is 15.5 Å². The lowest BCUT2D eigenvalue weighted by Crippen LogP contribution is -2.29. The number of amides is 4. The van der Waals surface area contributed by atoms with Gasteiger partial charge in [-0.3, -0.25) is 19.2 Å². The van der Waals surface area contributed by atoms with Crippen LogP contribution in [0.2, 0.25) is 0 Å². The van der Waals surface area contributed by atoms with Gasteiger partial charge in [-0.1, -0.05) is 107 Å². The minimum atomic E-state index is -0.325. The largest absolute Gasteiger partial charge is 0.399 e. The Balaban J connectivity index is 1.05. The predicted molar refractivity (Wildman–Crippen MR) is 259 cm³/mol. The topological polar surface area (TPSA) is 101 Å². The van der Waals surface area contributed by atoms with Crippen molar-refractivity contribution in [1.82, 2.24) is 0 Å². The Kier molecular flexibility index (Phi) is 11.0. The highest BCUT2D eigenvalue weighted by molar-refractivity contribution is 6.35. The van der Waals surface area contributed by atoms with Crippen LogP contribution in [0.1, 0.15) is 109 Å². The first-order valence-corrected chi connectivity index (χ1v) is 22.4. The number of carbonyl (C=O) groups excluding carboxylic acids is 4. The quantitative estimate of drug-likeness (QED) is 0.103. The van der Waals surface area contributed by atoms with Crippen molar-refractivity contribution >= 4 is 40.7 Å². The van der Waals surface area contributed by atoms with E-state index in [0.29, 0.717) is 58.6 Å². The molecule has 0 saturated heterocycles. The van der Waals surface area contributed by atoms with Gasteiger partial charge in [-0.05, 0) is 172 Å². The molecule has 0 aromatic heterocycles. The van der Waals surface area contributed by atoms with Gasteiger partial charge < -0.3 is 5.73 Å². The van der Waals surface area contributed by atoms with Crippen LogP contribution in [0.4, 0.5) is 17.1 Å². The zero-order chi connectivity index (χ0) is 45.0. The molecule has 7 nitrogen and oxygen atoms in total. The molecule has 0 radical (unpaired) electrons. The number of rotatable bonds is 11. The molecule has 0 fully saturated rings. The fourth-order valence-corrected chi connectivity index (χ4v) is 9.55. The number of anilines is 3. The Morgan fingerprint density at radius 2 is 0.750 bits per heavy atom. The molecule has 0 bridgehead atoms. The lowest BCUT2D eigenvalue weighted by molar-refractivity contribution is 0.0910. The molecule has 2 aliphatic rings. The van der Waals surface area contributed by atoms with Gasteiger partial charge in [0.1, 0.15) is 0 Å². The van der Waals surface area contributed by atoms with Gasteiger partial charge in [-0.25, -0.2) is 9.80 Å². The van der Waals surface area contributed by atoms with Crippen molar-refractivity contribution in [2.24, 2.45) is 0 Å². The van der Waals surface area contributed by atoms with E-state index in [9.17, 15) is 19.2 Å². The molecular weight excluding hydrogens is 791 g/mol. The second kappa shape index (κ2) is 16.7. The van der Waals surface area contributed by atoms with E-state index < -0.39 is 0 Å². The summed E-state index contributed by atoms with van der Waals surface area (Å²) in [6, 6.07) is 41.2. The molecule has 2 heterocycles. The van der Waals surface area contributed by atoms with Crippen LogP contribution in [-0.2, 0) is 32.1 Å². The summed E-state index contributed by atoms with van der Waals surface area (Å²) in [6.45, 7) is 12.7. The van der Waals surface area contributed by atoms with Gasteiger partial charge >= 0.3 is 0 Å². The van der Waals surface area contributed by atoms with Crippen molar-refractivity contribution in [3.63, 3.8) is 0 Å². The molecule has 7 aromatic rings. The number of carbonyl (C=O) groups is 4. The molecule has 7 aromatic carbocycles. The van der Waals surface area contributed by atoms with Crippen LogP contribution in [0.15, 0.2) is 127 Å². The highest BCUT2D eigenvalue weighted by Gasteiger charge is 2.39. The first kappa shape index (κ1) is 41.9. The summed E-state index contributed by atoms with van der Waals surface area (Å²) in [5, 5.41) is 0. The summed E-state index contributed by atoms with van der Waals surface area (Å²) in [6.07, 6.45) is 3.69. The van der Waals surface area contributed by atoms with E-state index in [2.05, 4.69) is 52.8 Å². The maximum Gasteiger partial charge on any atom is 0.266 e. The Bertz CT molecular complexity index is 3050. The SMILES string of the molecule is CCc1cc(N2C(=O)c3ccc(-c4ccc(C)cc4)cc3C2=O)ccc1-c1cc(CC)c(-c2c(CC)cc(N3C(=O)c4ccc(-c5ccc(N)cc5)cc4C3=O)cc2CC)cc1CC. The molecule has 2 aliphatic heterocycles. The maximum atomic E-state index is 14.1. The summed E-state index contributed by atoms with van der Waals surface area (Å²) in [7, 11) is 0. The number of hydrogen-bond acceptors (Lipinski definition) is 5. The van der Waals surface area contributed by atoms with E-state index in [1.165, 1.54) is 20.9 Å². The molecule has 0 unspecified atom stereocenters. The maximum absolute atomic E-state index is 14.1. The summed E-state index contributed by atoms with van der Waals surface area (Å²) < 4.78 is 0. The van der Waals surface area contributed by atoms with Crippen molar-refractivity contribution in [1.29, 1.82) is 0 Å². The molecule has 2 N–H and O–H groups in total. The lowest BCUT2D eigenvalue weighted by Gasteiger charge is -2.24. The van der Waals surface area contributed by atoms with E-state index in [0.717, 1.165) is 79.6 Å². The van der Waals surface area contributed by atoms with Gasteiger partial charge in [0.05, 0.1) is 33.6 Å². The molecule has 9 rings (SSSR count). The minimum Gasteiger partial charge on any atom is -0.399 e. The number of hydrogen-bond donors (Lipinski definition) is 1. The summed E-state index contributed by atoms with van der Waals surface area (Å²) in [5.41, 5.74) is 24.3. The smallest absolute Gasteiger partial charge is 0.266 e. The molecule has 0 aliphatic carbocycles. The summed E-state index contributed by atoms with van der Waals surface area (Å²) in [5.74, 6) is -1.27. The van der Waals surface area contributed by atoms with Crippen molar-refractivity contribution in [3.8, 4) is 44.5 Å². The van der Waals surface area contributed by atoms with E-state index in [4.69, 9.17) is 5.73 Å².